The molecule has 0 bridgehead atoms. The Balaban J connectivity index is 0.000000345. The molecule has 28 heavy (non-hydrogen) atoms. The van der Waals surface area contributed by atoms with Gasteiger partial charge in [0.15, 0.2) is 0 Å². The summed E-state index contributed by atoms with van der Waals surface area (Å²) in [5.74, 6) is -2.30. The molecule has 3 heterocycles. The van der Waals surface area contributed by atoms with Crippen LogP contribution in [0.15, 0.2) is 16.8 Å². The van der Waals surface area contributed by atoms with Gasteiger partial charge in [-0.3, -0.25) is 4.90 Å². The Morgan fingerprint density at radius 2 is 2.04 bits per heavy atom. The standard InChI is InChI=1S/C14H22N2O3S2.C2HF3O2/c1-2-21(17,18)16-9-13-8-15(4-5-19-14(13)10-16)7-12-3-6-20-11-12;3-2(4,5)1(6)7/h3,6,11,13-14H,2,4-5,7-10H2,1H3;(H,6,7)/t13-,14+;/m0./s1. The van der Waals surface area contributed by atoms with Crippen LogP contribution in [0, 0.1) is 5.92 Å². The molecule has 2 aliphatic rings. The molecule has 0 spiro atoms. The number of ether oxygens (including phenoxy) is 1. The van der Waals surface area contributed by atoms with Gasteiger partial charge in [-0.2, -0.15) is 28.8 Å². The SMILES string of the molecule is CCS(=O)(=O)N1C[C@@H]2CN(Cc3ccsc3)CCO[C@@H]2C1.O=C(O)C(F)(F)F. The molecule has 0 aromatic carbocycles. The second-order valence-corrected chi connectivity index (χ2v) is 9.59. The minimum absolute atomic E-state index is 0.0544. The Labute approximate surface area is 165 Å². The van der Waals surface area contributed by atoms with E-state index in [-0.39, 0.29) is 17.8 Å². The zero-order chi connectivity index (χ0) is 20.9. The molecule has 0 saturated carbocycles. The fourth-order valence-electron chi connectivity index (χ4n) is 3.12. The number of sulfonamides is 1. The Morgan fingerprint density at radius 1 is 1.36 bits per heavy atom. The van der Waals surface area contributed by atoms with Crippen LogP contribution in [-0.4, -0.2) is 79.5 Å². The van der Waals surface area contributed by atoms with Crippen LogP contribution in [0.2, 0.25) is 0 Å². The fourth-order valence-corrected chi connectivity index (χ4v) is 4.94. The zero-order valence-electron chi connectivity index (χ0n) is 15.3. The number of carbonyl (C=O) groups is 1. The summed E-state index contributed by atoms with van der Waals surface area (Å²) in [5, 5.41) is 11.4. The van der Waals surface area contributed by atoms with Crippen molar-refractivity contribution >= 4 is 27.3 Å². The van der Waals surface area contributed by atoms with Crippen molar-refractivity contribution in [3.05, 3.63) is 22.4 Å². The first-order chi connectivity index (χ1) is 13.0. The minimum atomic E-state index is -5.08. The molecule has 1 N–H and O–H groups in total. The number of fused-ring (bicyclic) bond motifs is 1. The van der Waals surface area contributed by atoms with E-state index in [9.17, 15) is 21.6 Å². The summed E-state index contributed by atoms with van der Waals surface area (Å²) in [7, 11) is -3.10. The molecule has 12 heteroatoms. The quantitative estimate of drug-likeness (QED) is 0.763. The van der Waals surface area contributed by atoms with Crippen molar-refractivity contribution in [2.75, 3.05) is 38.5 Å². The second kappa shape index (κ2) is 9.53. The molecule has 2 fully saturated rings. The van der Waals surface area contributed by atoms with Gasteiger partial charge in [0.05, 0.1) is 18.5 Å². The molecule has 2 atom stereocenters. The molecule has 0 radical (unpaired) electrons. The summed E-state index contributed by atoms with van der Waals surface area (Å²) >= 11 is 1.71. The van der Waals surface area contributed by atoms with Gasteiger partial charge in [-0.25, -0.2) is 13.2 Å². The topological polar surface area (TPSA) is 87.2 Å². The van der Waals surface area contributed by atoms with Gasteiger partial charge in [-0.1, -0.05) is 0 Å². The van der Waals surface area contributed by atoms with E-state index in [4.69, 9.17) is 14.6 Å². The molecule has 1 aromatic rings. The lowest BCUT2D eigenvalue weighted by Gasteiger charge is -2.22. The number of carboxylic acids is 1. The number of nitrogens with zero attached hydrogens (tertiary/aromatic N) is 2. The normalized spacial score (nSPS) is 24.1. The molecular weight excluding hydrogens is 421 g/mol. The van der Waals surface area contributed by atoms with Gasteiger partial charge in [-0.15, -0.1) is 0 Å². The largest absolute Gasteiger partial charge is 0.490 e. The number of aliphatic carboxylic acids is 1. The molecule has 0 amide bonds. The number of carboxylic acid groups (broad SMARTS) is 1. The van der Waals surface area contributed by atoms with Crippen molar-refractivity contribution in [2.24, 2.45) is 5.92 Å². The van der Waals surface area contributed by atoms with Crippen molar-refractivity contribution in [1.82, 2.24) is 9.21 Å². The Bertz CT molecular complexity index is 740. The summed E-state index contributed by atoms with van der Waals surface area (Å²) in [4.78, 5) is 11.3. The molecule has 160 valence electrons. The zero-order valence-corrected chi connectivity index (χ0v) is 16.9. The van der Waals surface area contributed by atoms with E-state index in [1.54, 1.807) is 22.6 Å². The van der Waals surface area contributed by atoms with E-state index in [2.05, 4.69) is 21.7 Å². The number of hydrogen-bond acceptors (Lipinski definition) is 6. The van der Waals surface area contributed by atoms with Crippen molar-refractivity contribution in [3.63, 3.8) is 0 Å². The van der Waals surface area contributed by atoms with E-state index in [0.717, 1.165) is 19.6 Å². The van der Waals surface area contributed by atoms with Crippen molar-refractivity contribution in [2.45, 2.75) is 25.7 Å². The highest BCUT2D eigenvalue weighted by atomic mass is 32.2. The van der Waals surface area contributed by atoms with Gasteiger partial charge in [0.1, 0.15) is 0 Å². The summed E-state index contributed by atoms with van der Waals surface area (Å²) in [5.41, 5.74) is 1.33. The van der Waals surface area contributed by atoms with Gasteiger partial charge in [0.25, 0.3) is 0 Å². The van der Waals surface area contributed by atoms with Gasteiger partial charge in [0, 0.05) is 38.6 Å². The Kier molecular flexibility index (Phi) is 7.85. The number of rotatable bonds is 4. The molecule has 2 saturated heterocycles. The lowest BCUT2D eigenvalue weighted by Crippen LogP contribution is -2.34. The third-order valence-electron chi connectivity index (χ3n) is 4.57. The Morgan fingerprint density at radius 3 is 2.57 bits per heavy atom. The predicted molar refractivity (Wildman–Crippen MR) is 97.6 cm³/mol. The van der Waals surface area contributed by atoms with Gasteiger partial charge in [0.2, 0.25) is 10.0 Å². The van der Waals surface area contributed by atoms with Crippen LogP contribution in [0.5, 0.6) is 0 Å². The highest BCUT2D eigenvalue weighted by Gasteiger charge is 2.40. The van der Waals surface area contributed by atoms with Crippen LogP contribution in [0.25, 0.3) is 0 Å². The van der Waals surface area contributed by atoms with Gasteiger partial charge < -0.3 is 9.84 Å². The van der Waals surface area contributed by atoms with Crippen molar-refractivity contribution in [3.8, 4) is 0 Å². The number of alkyl halides is 3. The average molecular weight is 444 g/mol. The van der Waals surface area contributed by atoms with E-state index in [1.165, 1.54) is 5.56 Å². The van der Waals surface area contributed by atoms with Crippen LogP contribution >= 0.6 is 11.3 Å². The maximum Gasteiger partial charge on any atom is 0.490 e. The van der Waals surface area contributed by atoms with E-state index in [0.29, 0.717) is 19.7 Å². The highest BCUT2D eigenvalue weighted by molar-refractivity contribution is 7.89. The number of hydrogen-bond donors (Lipinski definition) is 1. The molecular formula is C16H23F3N2O5S2. The maximum absolute atomic E-state index is 12.0. The Hall–Kier alpha value is -1.21. The summed E-state index contributed by atoms with van der Waals surface area (Å²) in [6.45, 7) is 6.27. The average Bonchev–Trinajstić information content (AvgIpc) is 3.21. The molecule has 2 aliphatic heterocycles. The smallest absolute Gasteiger partial charge is 0.475 e. The molecule has 0 aliphatic carbocycles. The van der Waals surface area contributed by atoms with E-state index in [1.807, 2.05) is 0 Å². The van der Waals surface area contributed by atoms with Crippen molar-refractivity contribution in [1.29, 1.82) is 0 Å². The van der Waals surface area contributed by atoms with E-state index >= 15 is 0 Å². The monoisotopic (exact) mass is 444 g/mol. The number of thiophene rings is 1. The van der Waals surface area contributed by atoms with Gasteiger partial charge in [-0.05, 0) is 29.3 Å². The highest BCUT2D eigenvalue weighted by Crippen LogP contribution is 2.26. The lowest BCUT2D eigenvalue weighted by atomic mass is 10.1. The lowest BCUT2D eigenvalue weighted by molar-refractivity contribution is -0.192. The minimum Gasteiger partial charge on any atom is -0.475 e. The molecule has 1 aromatic heterocycles. The van der Waals surface area contributed by atoms with Crippen LogP contribution in [0.4, 0.5) is 13.2 Å². The summed E-state index contributed by atoms with van der Waals surface area (Å²) < 4.78 is 63.3. The first kappa shape index (κ1) is 23.1. The summed E-state index contributed by atoms with van der Waals surface area (Å²) in [6, 6.07) is 2.15. The summed E-state index contributed by atoms with van der Waals surface area (Å²) in [6.07, 6.45) is -5.03. The first-order valence-corrected chi connectivity index (χ1v) is 11.2. The maximum atomic E-state index is 12.0. The van der Waals surface area contributed by atoms with Crippen LogP contribution in [0.3, 0.4) is 0 Å². The van der Waals surface area contributed by atoms with Gasteiger partial charge >= 0.3 is 12.1 Å². The second-order valence-electron chi connectivity index (χ2n) is 6.56. The van der Waals surface area contributed by atoms with E-state index < -0.39 is 22.2 Å². The van der Waals surface area contributed by atoms with Crippen molar-refractivity contribution < 1.29 is 36.2 Å². The third kappa shape index (κ3) is 6.41. The van der Waals surface area contributed by atoms with Crippen LogP contribution in [0.1, 0.15) is 12.5 Å². The first-order valence-electron chi connectivity index (χ1n) is 8.66. The fraction of sp³-hybridized carbons (Fsp3) is 0.688. The molecule has 3 rings (SSSR count). The van der Waals surface area contributed by atoms with Crippen LogP contribution in [-0.2, 0) is 26.1 Å². The number of halogens is 3. The molecule has 7 nitrogen and oxygen atoms in total. The molecule has 0 unspecified atom stereocenters. The third-order valence-corrected chi connectivity index (χ3v) is 7.11. The van der Waals surface area contributed by atoms with Crippen LogP contribution < -0.4 is 0 Å². The predicted octanol–water partition coefficient (Wildman–Crippen LogP) is 1.86.